The summed E-state index contributed by atoms with van der Waals surface area (Å²) in [4.78, 5) is 16.9. The molecule has 1 aliphatic rings. The lowest BCUT2D eigenvalue weighted by molar-refractivity contribution is -0.265. The summed E-state index contributed by atoms with van der Waals surface area (Å²) in [6.45, 7) is 2.24. The fourth-order valence-corrected chi connectivity index (χ4v) is 4.36. The van der Waals surface area contributed by atoms with Crippen LogP contribution in [0.2, 0.25) is 5.02 Å². The molecule has 0 radical (unpaired) electrons. The summed E-state index contributed by atoms with van der Waals surface area (Å²) < 4.78 is 73.5. The Balaban J connectivity index is 1.76. The minimum Gasteiger partial charge on any atom is -0.493 e. The van der Waals surface area contributed by atoms with E-state index in [0.717, 1.165) is 12.1 Å². The monoisotopic (exact) mass is 583 g/mol. The molecule has 1 amide bonds. The molecule has 40 heavy (non-hydrogen) atoms. The van der Waals surface area contributed by atoms with Crippen molar-refractivity contribution in [1.82, 2.24) is 10.3 Å². The molecule has 0 saturated heterocycles. The van der Waals surface area contributed by atoms with Gasteiger partial charge in [-0.1, -0.05) is 11.6 Å². The van der Waals surface area contributed by atoms with E-state index < -0.39 is 41.3 Å². The van der Waals surface area contributed by atoms with Crippen LogP contribution in [0.5, 0.6) is 17.2 Å². The average Bonchev–Trinajstić information content (AvgIpc) is 3.22. The first-order chi connectivity index (χ1) is 18.7. The molecule has 214 valence electrons. The molecule has 8 nitrogen and oxygen atoms in total. The van der Waals surface area contributed by atoms with E-state index in [1.54, 1.807) is 6.92 Å². The van der Waals surface area contributed by atoms with Gasteiger partial charge in [-0.3, -0.25) is 4.79 Å². The molecule has 2 aromatic carbocycles. The quantitative estimate of drug-likeness (QED) is 0.329. The van der Waals surface area contributed by atoms with Crippen LogP contribution in [0.4, 0.5) is 17.6 Å². The van der Waals surface area contributed by atoms with Crippen LogP contribution in [0, 0.1) is 5.82 Å². The Kier molecular flexibility index (Phi) is 7.90. The number of methoxy groups -OCH3 is 1. The molecule has 13 heteroatoms. The number of benzene rings is 2. The Morgan fingerprint density at radius 2 is 1.95 bits per heavy atom. The van der Waals surface area contributed by atoms with Gasteiger partial charge in [-0.2, -0.15) is 13.2 Å². The van der Waals surface area contributed by atoms with Gasteiger partial charge in [0.25, 0.3) is 5.91 Å². The maximum absolute atomic E-state index is 14.5. The van der Waals surface area contributed by atoms with Crippen molar-refractivity contribution in [2.24, 2.45) is 5.73 Å². The van der Waals surface area contributed by atoms with Gasteiger partial charge >= 0.3 is 6.18 Å². The van der Waals surface area contributed by atoms with Crippen molar-refractivity contribution in [2.75, 3.05) is 26.9 Å². The van der Waals surface area contributed by atoms with Gasteiger partial charge in [0.2, 0.25) is 5.60 Å². The first kappa shape index (κ1) is 29.4. The van der Waals surface area contributed by atoms with Gasteiger partial charge in [0.1, 0.15) is 18.1 Å². The van der Waals surface area contributed by atoms with E-state index in [1.165, 1.54) is 44.4 Å². The number of rotatable bonds is 8. The first-order valence-corrected chi connectivity index (χ1v) is 12.4. The Hall–Kier alpha value is -3.61. The predicted molar refractivity (Wildman–Crippen MR) is 138 cm³/mol. The minimum absolute atomic E-state index is 0.0312. The van der Waals surface area contributed by atoms with E-state index in [0.29, 0.717) is 12.4 Å². The normalized spacial score (nSPS) is 17.9. The number of carbonyl (C=O) groups is 1. The Labute approximate surface area is 232 Å². The van der Waals surface area contributed by atoms with Crippen LogP contribution in [0.25, 0.3) is 11.3 Å². The Bertz CT molecular complexity index is 1450. The van der Waals surface area contributed by atoms with Crippen LogP contribution in [0.3, 0.4) is 0 Å². The second kappa shape index (κ2) is 10.8. The highest BCUT2D eigenvalue weighted by Crippen LogP contribution is 2.46. The van der Waals surface area contributed by atoms with Crippen LogP contribution < -0.4 is 25.3 Å². The van der Waals surface area contributed by atoms with Crippen molar-refractivity contribution in [1.29, 1.82) is 0 Å². The third-order valence-electron chi connectivity index (χ3n) is 6.42. The van der Waals surface area contributed by atoms with Crippen LogP contribution in [0.1, 0.15) is 35.5 Å². The van der Waals surface area contributed by atoms with Gasteiger partial charge in [0.15, 0.2) is 17.2 Å². The number of amides is 1. The summed E-state index contributed by atoms with van der Waals surface area (Å²) in [5.74, 6) is -1.04. The van der Waals surface area contributed by atoms with Crippen LogP contribution in [0.15, 0.2) is 42.5 Å². The van der Waals surface area contributed by atoms with Gasteiger partial charge in [-0.25, -0.2) is 9.37 Å². The van der Waals surface area contributed by atoms with Crippen LogP contribution in [-0.4, -0.2) is 49.0 Å². The fraction of sp³-hybridized carbons (Fsp3) is 0.333. The van der Waals surface area contributed by atoms with E-state index in [9.17, 15) is 27.5 Å². The summed E-state index contributed by atoms with van der Waals surface area (Å²) in [6, 6.07) is 8.54. The fourth-order valence-electron chi connectivity index (χ4n) is 4.18. The second-order valence-electron chi connectivity index (χ2n) is 9.41. The maximum atomic E-state index is 14.5. The number of carbonyl (C=O) groups excluding carboxylic acids is 1. The summed E-state index contributed by atoms with van der Waals surface area (Å²) in [7, 11) is 1.35. The summed E-state index contributed by atoms with van der Waals surface area (Å²) in [5, 5.41) is 12.9. The lowest BCUT2D eigenvalue weighted by atomic mass is 9.89. The molecule has 2 heterocycles. The van der Waals surface area contributed by atoms with E-state index in [1.807, 2.05) is 0 Å². The molecule has 0 fully saturated rings. The number of nitrogens with one attached hydrogen (secondary N) is 1. The third kappa shape index (κ3) is 5.38. The van der Waals surface area contributed by atoms with Crippen molar-refractivity contribution in [3.05, 3.63) is 70.1 Å². The zero-order valence-corrected chi connectivity index (χ0v) is 22.4. The second-order valence-corrected chi connectivity index (χ2v) is 9.81. The van der Waals surface area contributed by atoms with Crippen LogP contribution in [-0.2, 0) is 11.1 Å². The molecule has 1 aromatic heterocycles. The molecule has 0 unspecified atom stereocenters. The van der Waals surface area contributed by atoms with Gasteiger partial charge < -0.3 is 30.4 Å². The number of alkyl halides is 3. The van der Waals surface area contributed by atoms with E-state index in [4.69, 9.17) is 31.5 Å². The molecule has 4 rings (SSSR count). The van der Waals surface area contributed by atoms with E-state index in [2.05, 4.69) is 10.3 Å². The standard InChI is InChI=1S/C27H26ClF4N3O5/c1-4-39-19-8-6-15(10-20(19)38-3)24(36)34-12-26(37,27(30,31)32)21-11-16-23(40-13-25(16,2)33)22(35-21)14-5-7-18(29)17(28)9-14/h5-11,37H,4,12-13,33H2,1-3H3,(H,34,36)/t25-,26-/m0/s1. The summed E-state index contributed by atoms with van der Waals surface area (Å²) in [5.41, 5.74) is 0.658. The number of halogens is 5. The number of pyridine rings is 1. The molecule has 4 N–H and O–H groups in total. The molecule has 1 aliphatic heterocycles. The predicted octanol–water partition coefficient (Wildman–Crippen LogP) is 4.69. The zero-order chi connectivity index (χ0) is 29.5. The van der Waals surface area contributed by atoms with E-state index in [-0.39, 0.29) is 45.5 Å². The van der Waals surface area contributed by atoms with Crippen LogP contribution >= 0.6 is 11.6 Å². The van der Waals surface area contributed by atoms with Gasteiger partial charge in [0, 0.05) is 16.7 Å². The lowest BCUT2D eigenvalue weighted by Crippen LogP contribution is -2.51. The number of nitrogens with zero attached hydrogens (tertiary/aromatic N) is 1. The van der Waals surface area contributed by atoms with Gasteiger partial charge in [0.05, 0.1) is 36.5 Å². The lowest BCUT2D eigenvalue weighted by Gasteiger charge is -2.31. The van der Waals surface area contributed by atoms with Crippen molar-refractivity contribution >= 4 is 17.5 Å². The summed E-state index contributed by atoms with van der Waals surface area (Å²) >= 11 is 5.90. The highest BCUT2D eigenvalue weighted by Gasteiger charge is 2.57. The maximum Gasteiger partial charge on any atom is 0.424 e. The molecule has 2 atom stereocenters. The smallest absolute Gasteiger partial charge is 0.424 e. The molecule has 3 aromatic rings. The van der Waals surface area contributed by atoms with Gasteiger partial charge in [-0.05, 0) is 56.3 Å². The average molecular weight is 584 g/mol. The Morgan fingerprint density at radius 1 is 1.23 bits per heavy atom. The number of ether oxygens (including phenoxy) is 3. The molecule has 0 bridgehead atoms. The highest BCUT2D eigenvalue weighted by molar-refractivity contribution is 6.31. The third-order valence-corrected chi connectivity index (χ3v) is 6.71. The Morgan fingerprint density at radius 3 is 2.58 bits per heavy atom. The van der Waals surface area contributed by atoms with Crippen molar-refractivity contribution < 1.29 is 41.7 Å². The van der Waals surface area contributed by atoms with Crippen molar-refractivity contribution in [3.8, 4) is 28.5 Å². The number of aromatic nitrogens is 1. The van der Waals surface area contributed by atoms with Crippen molar-refractivity contribution in [3.63, 3.8) is 0 Å². The molecular weight excluding hydrogens is 558 g/mol. The van der Waals surface area contributed by atoms with E-state index >= 15 is 0 Å². The number of nitrogens with two attached hydrogens (primary N) is 1. The topological polar surface area (TPSA) is 116 Å². The number of hydrogen-bond acceptors (Lipinski definition) is 7. The zero-order valence-electron chi connectivity index (χ0n) is 21.7. The molecule has 0 aliphatic carbocycles. The molecular formula is C27H26ClF4N3O5. The van der Waals surface area contributed by atoms with Gasteiger partial charge in [-0.15, -0.1) is 0 Å². The minimum atomic E-state index is -5.29. The molecule has 0 saturated carbocycles. The number of aliphatic hydroxyl groups is 1. The number of hydrogen-bond donors (Lipinski definition) is 3. The molecule has 0 spiro atoms. The highest BCUT2D eigenvalue weighted by atomic mass is 35.5. The summed E-state index contributed by atoms with van der Waals surface area (Å²) in [6.07, 6.45) is -5.29. The first-order valence-electron chi connectivity index (χ1n) is 12.0. The van der Waals surface area contributed by atoms with Crippen molar-refractivity contribution in [2.45, 2.75) is 31.2 Å². The largest absolute Gasteiger partial charge is 0.493 e. The SMILES string of the molecule is CCOc1ccc(C(=O)NC[C@](O)(c2cc3c(c(-c4ccc(F)c(Cl)c4)n2)OC[C@]3(C)N)C(F)(F)F)cc1OC. The number of fused-ring (bicyclic) bond motifs is 1.